The molecule has 0 aromatic carbocycles. The lowest BCUT2D eigenvalue weighted by Crippen LogP contribution is -2.23. The quantitative estimate of drug-likeness (QED) is 0.313. The monoisotopic (exact) mass is 330 g/mol. The molecule has 0 spiro atoms. The van der Waals surface area contributed by atoms with Crippen molar-refractivity contribution in [2.24, 2.45) is 17.3 Å². The average molecular weight is 331 g/mol. The van der Waals surface area contributed by atoms with Crippen LogP contribution < -0.4 is 0 Å². The van der Waals surface area contributed by atoms with E-state index in [0.717, 1.165) is 11.8 Å². The smallest absolute Gasteiger partial charge is 0.0314 e. The van der Waals surface area contributed by atoms with E-state index in [4.69, 9.17) is 0 Å². The van der Waals surface area contributed by atoms with Gasteiger partial charge in [-0.3, -0.25) is 0 Å². The van der Waals surface area contributed by atoms with Gasteiger partial charge >= 0.3 is 0 Å². The van der Waals surface area contributed by atoms with Crippen LogP contribution in [0.5, 0.6) is 0 Å². The first-order chi connectivity index (χ1) is 11.8. The van der Waals surface area contributed by atoms with Gasteiger partial charge in [-0.2, -0.15) is 0 Å². The first-order valence-corrected chi connectivity index (χ1v) is 11.3. The van der Waals surface area contributed by atoms with Crippen LogP contribution >= 0.6 is 0 Å². The van der Waals surface area contributed by atoms with E-state index in [1.807, 2.05) is 0 Å². The van der Waals surface area contributed by atoms with E-state index in [1.54, 1.807) is 0 Å². The molecule has 0 aromatic heterocycles. The normalized spacial score (nSPS) is 26.6. The molecule has 0 amide bonds. The molecule has 0 N–H and O–H groups in total. The number of unbranched alkanes of at least 4 members (excludes halogenated alkanes) is 4. The molecular weight excluding hydrogens is 288 g/mol. The molecule has 2 aliphatic carbocycles. The molecule has 138 valence electrons. The zero-order valence-electron chi connectivity index (χ0n) is 16.7. The SMILES string of the molecule is CCCCCCC1CCC(C#CC2(CCCC)CCCCC2)CC1. The molecular formula is C24H42. The highest BCUT2D eigenvalue weighted by atomic mass is 14.3. The Labute approximate surface area is 152 Å². The summed E-state index contributed by atoms with van der Waals surface area (Å²) >= 11 is 0. The Morgan fingerprint density at radius 2 is 1.50 bits per heavy atom. The van der Waals surface area contributed by atoms with Crippen LogP contribution in [-0.4, -0.2) is 0 Å². The maximum Gasteiger partial charge on any atom is 0.0314 e. The number of rotatable bonds is 8. The molecule has 0 heterocycles. The first kappa shape index (κ1) is 19.9. The lowest BCUT2D eigenvalue weighted by atomic mass is 9.71. The second-order valence-electron chi connectivity index (χ2n) is 8.78. The van der Waals surface area contributed by atoms with Crippen molar-refractivity contribution in [2.45, 2.75) is 123 Å². The maximum absolute atomic E-state index is 3.86. The summed E-state index contributed by atoms with van der Waals surface area (Å²) in [6, 6.07) is 0. The lowest BCUT2D eigenvalue weighted by Gasteiger charge is -2.33. The van der Waals surface area contributed by atoms with Crippen LogP contribution in [0.15, 0.2) is 0 Å². The van der Waals surface area contributed by atoms with Crippen molar-refractivity contribution in [3.8, 4) is 11.8 Å². The van der Waals surface area contributed by atoms with E-state index in [-0.39, 0.29) is 0 Å². The predicted octanol–water partition coefficient (Wildman–Crippen LogP) is 7.91. The van der Waals surface area contributed by atoms with Gasteiger partial charge in [0, 0.05) is 11.3 Å². The average Bonchev–Trinajstić information content (AvgIpc) is 2.64. The summed E-state index contributed by atoms with van der Waals surface area (Å²) in [5.41, 5.74) is 0.408. The molecule has 0 unspecified atom stereocenters. The zero-order valence-corrected chi connectivity index (χ0v) is 16.7. The molecule has 2 rings (SSSR count). The standard InChI is InChI=1S/C24H42/c1-3-5-7-9-12-22-13-15-23(16-14-22)17-21-24(18-6-4-2)19-10-8-11-20-24/h22-23H,3-16,18-20H2,1-2H3. The lowest BCUT2D eigenvalue weighted by molar-refractivity contribution is 0.245. The Hall–Kier alpha value is -0.440. The third kappa shape index (κ3) is 6.82. The van der Waals surface area contributed by atoms with Gasteiger partial charge in [0.25, 0.3) is 0 Å². The van der Waals surface area contributed by atoms with Crippen molar-refractivity contribution >= 4 is 0 Å². The van der Waals surface area contributed by atoms with E-state index < -0.39 is 0 Å². The van der Waals surface area contributed by atoms with Crippen LogP contribution in [-0.2, 0) is 0 Å². The molecule has 0 aromatic rings. The third-order valence-corrected chi connectivity index (χ3v) is 6.67. The molecule has 0 aliphatic heterocycles. The fourth-order valence-corrected chi connectivity index (χ4v) is 4.89. The highest BCUT2D eigenvalue weighted by molar-refractivity contribution is 5.15. The van der Waals surface area contributed by atoms with Gasteiger partial charge in [0.1, 0.15) is 0 Å². The minimum atomic E-state index is 0.408. The molecule has 2 aliphatic rings. The summed E-state index contributed by atoms with van der Waals surface area (Å²) in [5, 5.41) is 0. The zero-order chi connectivity index (χ0) is 17.1. The summed E-state index contributed by atoms with van der Waals surface area (Å²) in [6.07, 6.45) is 24.0. The van der Waals surface area contributed by atoms with E-state index in [2.05, 4.69) is 25.7 Å². The van der Waals surface area contributed by atoms with Crippen molar-refractivity contribution in [3.05, 3.63) is 0 Å². The Balaban J connectivity index is 1.76. The number of hydrogen-bond donors (Lipinski definition) is 0. The second kappa shape index (κ2) is 11.2. The Morgan fingerprint density at radius 1 is 0.792 bits per heavy atom. The van der Waals surface area contributed by atoms with Crippen molar-refractivity contribution in [1.82, 2.24) is 0 Å². The first-order valence-electron chi connectivity index (χ1n) is 11.3. The Bertz CT molecular complexity index is 369. The molecule has 0 bridgehead atoms. The fraction of sp³-hybridized carbons (Fsp3) is 0.917. The van der Waals surface area contributed by atoms with Crippen molar-refractivity contribution in [3.63, 3.8) is 0 Å². The molecule has 0 heteroatoms. The van der Waals surface area contributed by atoms with Gasteiger partial charge in [0.15, 0.2) is 0 Å². The van der Waals surface area contributed by atoms with Crippen molar-refractivity contribution in [1.29, 1.82) is 0 Å². The number of hydrogen-bond acceptors (Lipinski definition) is 0. The largest absolute Gasteiger partial charge is 0.0993 e. The molecule has 0 atom stereocenters. The molecule has 2 saturated carbocycles. The maximum atomic E-state index is 3.86. The Kier molecular flexibility index (Phi) is 9.30. The van der Waals surface area contributed by atoms with Crippen LogP contribution in [0.3, 0.4) is 0 Å². The third-order valence-electron chi connectivity index (χ3n) is 6.67. The topological polar surface area (TPSA) is 0 Å². The summed E-state index contributed by atoms with van der Waals surface area (Å²) < 4.78 is 0. The van der Waals surface area contributed by atoms with Gasteiger partial charge in [-0.15, -0.1) is 0 Å². The van der Waals surface area contributed by atoms with Gasteiger partial charge in [0.05, 0.1) is 0 Å². The van der Waals surface area contributed by atoms with Gasteiger partial charge < -0.3 is 0 Å². The fourth-order valence-electron chi connectivity index (χ4n) is 4.89. The van der Waals surface area contributed by atoms with Gasteiger partial charge in [-0.25, -0.2) is 0 Å². The minimum absolute atomic E-state index is 0.408. The van der Waals surface area contributed by atoms with Crippen molar-refractivity contribution < 1.29 is 0 Å². The molecule has 0 nitrogen and oxygen atoms in total. The Morgan fingerprint density at radius 3 is 2.17 bits per heavy atom. The van der Waals surface area contributed by atoms with Crippen LogP contribution in [0, 0.1) is 29.1 Å². The molecule has 24 heavy (non-hydrogen) atoms. The predicted molar refractivity (Wildman–Crippen MR) is 107 cm³/mol. The van der Waals surface area contributed by atoms with Crippen LogP contribution in [0.25, 0.3) is 0 Å². The van der Waals surface area contributed by atoms with E-state index in [9.17, 15) is 0 Å². The second-order valence-corrected chi connectivity index (χ2v) is 8.78. The van der Waals surface area contributed by atoms with Gasteiger partial charge in [0.2, 0.25) is 0 Å². The van der Waals surface area contributed by atoms with Gasteiger partial charge in [-0.1, -0.05) is 89.9 Å². The van der Waals surface area contributed by atoms with Crippen molar-refractivity contribution in [2.75, 3.05) is 0 Å². The van der Waals surface area contributed by atoms with Crippen LogP contribution in [0.2, 0.25) is 0 Å². The molecule has 0 saturated heterocycles. The molecule has 2 fully saturated rings. The van der Waals surface area contributed by atoms with E-state index in [1.165, 1.54) is 109 Å². The van der Waals surface area contributed by atoms with Gasteiger partial charge in [-0.05, 0) is 50.9 Å². The van der Waals surface area contributed by atoms with E-state index in [0.29, 0.717) is 5.41 Å². The van der Waals surface area contributed by atoms with Crippen LogP contribution in [0.4, 0.5) is 0 Å². The summed E-state index contributed by atoms with van der Waals surface area (Å²) in [7, 11) is 0. The van der Waals surface area contributed by atoms with Crippen LogP contribution in [0.1, 0.15) is 123 Å². The van der Waals surface area contributed by atoms with E-state index >= 15 is 0 Å². The minimum Gasteiger partial charge on any atom is -0.0993 e. The highest BCUT2D eigenvalue weighted by Gasteiger charge is 2.29. The molecule has 0 radical (unpaired) electrons. The summed E-state index contributed by atoms with van der Waals surface area (Å²) in [4.78, 5) is 0. The summed E-state index contributed by atoms with van der Waals surface area (Å²) in [6.45, 7) is 4.63. The highest BCUT2D eigenvalue weighted by Crippen LogP contribution is 2.40. The summed E-state index contributed by atoms with van der Waals surface area (Å²) in [5.74, 6) is 9.39.